The van der Waals surface area contributed by atoms with E-state index >= 15 is 0 Å². The minimum atomic E-state index is -0.940. The van der Waals surface area contributed by atoms with Crippen LogP contribution in [0.1, 0.15) is 16.7 Å². The van der Waals surface area contributed by atoms with Gasteiger partial charge >= 0.3 is 0 Å². The summed E-state index contributed by atoms with van der Waals surface area (Å²) >= 11 is 0. The van der Waals surface area contributed by atoms with Crippen LogP contribution in [0.4, 0.5) is 5.69 Å². The Bertz CT molecular complexity index is 590. The van der Waals surface area contributed by atoms with Crippen LogP contribution < -0.4 is 5.73 Å². The summed E-state index contributed by atoms with van der Waals surface area (Å²) in [6.07, 6.45) is 0.806. The number of anilines is 1. The van der Waals surface area contributed by atoms with Gasteiger partial charge in [-0.15, -0.1) is 0 Å². The maximum absolute atomic E-state index is 12.3. The Balaban J connectivity index is 2.03. The first kappa shape index (κ1) is 13.8. The molecule has 0 saturated heterocycles. The Morgan fingerprint density at radius 1 is 1.05 bits per heavy atom. The summed E-state index contributed by atoms with van der Waals surface area (Å²) in [5.41, 5.74) is 9.90. The lowest BCUT2D eigenvalue weighted by molar-refractivity contribution is 0.682. The number of rotatable bonds is 4. The second-order valence-corrected chi connectivity index (χ2v) is 6.35. The summed E-state index contributed by atoms with van der Waals surface area (Å²) in [5.74, 6) is 0.647. The van der Waals surface area contributed by atoms with Crippen LogP contribution in [-0.2, 0) is 17.2 Å². The summed E-state index contributed by atoms with van der Waals surface area (Å²) < 4.78 is 12.3. The van der Waals surface area contributed by atoms with Crippen molar-refractivity contribution in [3.63, 3.8) is 0 Å². The van der Waals surface area contributed by atoms with Gasteiger partial charge in [0, 0.05) is 16.3 Å². The van der Waals surface area contributed by atoms with E-state index in [9.17, 15) is 4.21 Å². The van der Waals surface area contributed by atoms with Gasteiger partial charge in [0.2, 0.25) is 0 Å². The normalized spacial score (nSPS) is 12.3. The van der Waals surface area contributed by atoms with Crippen LogP contribution >= 0.6 is 0 Å². The van der Waals surface area contributed by atoms with Crippen molar-refractivity contribution in [2.45, 2.75) is 25.2 Å². The number of hydrogen-bond donors (Lipinski definition) is 1. The molecule has 0 spiro atoms. The molecule has 2 nitrogen and oxygen atoms in total. The highest BCUT2D eigenvalue weighted by molar-refractivity contribution is 7.85. The minimum absolute atomic E-state index is 0.647. The van der Waals surface area contributed by atoms with Crippen molar-refractivity contribution >= 4 is 16.5 Å². The van der Waals surface area contributed by atoms with E-state index in [4.69, 9.17) is 5.73 Å². The summed E-state index contributed by atoms with van der Waals surface area (Å²) in [6.45, 7) is 4.07. The smallest absolute Gasteiger partial charge is 0.0535 e. The van der Waals surface area contributed by atoms with Gasteiger partial charge in [0.15, 0.2) is 0 Å². The van der Waals surface area contributed by atoms with Gasteiger partial charge in [-0.1, -0.05) is 29.8 Å². The molecule has 2 aromatic rings. The standard InChI is InChI=1S/C16H19NOS/c1-12-3-8-16(13(2)11-12)19(18)10-9-14-4-6-15(17)7-5-14/h3-8,11H,9-10,17H2,1-2H3. The van der Waals surface area contributed by atoms with Crippen molar-refractivity contribution in [1.82, 2.24) is 0 Å². The number of benzene rings is 2. The maximum Gasteiger partial charge on any atom is 0.0535 e. The lowest BCUT2D eigenvalue weighted by Gasteiger charge is -2.07. The molecule has 0 fully saturated rings. The Hall–Kier alpha value is -1.61. The van der Waals surface area contributed by atoms with Crippen molar-refractivity contribution in [2.75, 3.05) is 11.5 Å². The van der Waals surface area contributed by atoms with Crippen molar-refractivity contribution in [3.8, 4) is 0 Å². The first-order valence-electron chi connectivity index (χ1n) is 6.36. The first-order valence-corrected chi connectivity index (χ1v) is 7.68. The highest BCUT2D eigenvalue weighted by Gasteiger charge is 2.07. The van der Waals surface area contributed by atoms with Gasteiger partial charge in [-0.3, -0.25) is 4.21 Å². The SMILES string of the molecule is Cc1ccc(S(=O)CCc2ccc(N)cc2)c(C)c1. The molecule has 0 heterocycles. The zero-order chi connectivity index (χ0) is 13.8. The van der Waals surface area contributed by atoms with E-state index < -0.39 is 10.8 Å². The molecule has 0 saturated carbocycles. The number of aryl methyl sites for hydroxylation is 3. The van der Waals surface area contributed by atoms with Crippen molar-refractivity contribution in [2.24, 2.45) is 0 Å². The third-order valence-electron chi connectivity index (χ3n) is 3.13. The second kappa shape index (κ2) is 6.02. The quantitative estimate of drug-likeness (QED) is 0.869. The monoisotopic (exact) mass is 273 g/mol. The van der Waals surface area contributed by atoms with E-state index in [1.165, 1.54) is 11.1 Å². The highest BCUT2D eigenvalue weighted by Crippen LogP contribution is 2.16. The highest BCUT2D eigenvalue weighted by atomic mass is 32.2. The average Bonchev–Trinajstić information content (AvgIpc) is 2.37. The van der Waals surface area contributed by atoms with Gasteiger partial charge in [-0.05, 0) is 49.6 Å². The van der Waals surface area contributed by atoms with Crippen molar-refractivity contribution < 1.29 is 4.21 Å². The van der Waals surface area contributed by atoms with Crippen LogP contribution in [-0.4, -0.2) is 9.96 Å². The molecule has 19 heavy (non-hydrogen) atoms. The van der Waals surface area contributed by atoms with Crippen LogP contribution in [0.25, 0.3) is 0 Å². The van der Waals surface area contributed by atoms with Crippen LogP contribution in [0, 0.1) is 13.8 Å². The predicted octanol–water partition coefficient (Wildman–Crippen LogP) is 3.24. The zero-order valence-electron chi connectivity index (χ0n) is 11.3. The molecule has 0 amide bonds. The molecular formula is C16H19NOS. The van der Waals surface area contributed by atoms with Crippen molar-refractivity contribution in [3.05, 3.63) is 59.2 Å². The number of hydrogen-bond acceptors (Lipinski definition) is 2. The topological polar surface area (TPSA) is 43.1 Å². The van der Waals surface area contributed by atoms with Gasteiger partial charge in [0.1, 0.15) is 0 Å². The number of nitrogens with two attached hydrogens (primary N) is 1. The Labute approximate surface area is 117 Å². The van der Waals surface area contributed by atoms with Crippen LogP contribution in [0.2, 0.25) is 0 Å². The van der Waals surface area contributed by atoms with Gasteiger partial charge in [0.25, 0.3) is 0 Å². The Morgan fingerprint density at radius 2 is 1.74 bits per heavy atom. The van der Waals surface area contributed by atoms with E-state index in [-0.39, 0.29) is 0 Å². The van der Waals surface area contributed by atoms with E-state index in [0.717, 1.165) is 22.6 Å². The molecule has 100 valence electrons. The molecule has 1 atom stereocenters. The van der Waals surface area contributed by atoms with Gasteiger partial charge in [-0.2, -0.15) is 0 Å². The van der Waals surface area contributed by atoms with Crippen LogP contribution in [0.5, 0.6) is 0 Å². The fraction of sp³-hybridized carbons (Fsp3) is 0.250. The summed E-state index contributed by atoms with van der Waals surface area (Å²) in [5, 5.41) is 0. The average molecular weight is 273 g/mol. The first-order chi connectivity index (χ1) is 9.06. The maximum atomic E-state index is 12.3. The molecule has 2 aromatic carbocycles. The van der Waals surface area contributed by atoms with Crippen LogP contribution in [0.3, 0.4) is 0 Å². The van der Waals surface area contributed by atoms with Gasteiger partial charge in [0.05, 0.1) is 10.8 Å². The Kier molecular flexibility index (Phi) is 4.38. The molecule has 0 aliphatic heterocycles. The molecule has 3 heteroatoms. The predicted molar refractivity (Wildman–Crippen MR) is 81.7 cm³/mol. The van der Waals surface area contributed by atoms with E-state index in [1.807, 2.05) is 50.2 Å². The fourth-order valence-corrected chi connectivity index (χ4v) is 3.34. The molecule has 0 bridgehead atoms. The van der Waals surface area contributed by atoms with E-state index in [1.54, 1.807) is 0 Å². The minimum Gasteiger partial charge on any atom is -0.399 e. The largest absolute Gasteiger partial charge is 0.399 e. The van der Waals surface area contributed by atoms with Gasteiger partial charge in [-0.25, -0.2) is 0 Å². The molecule has 1 unspecified atom stereocenters. The van der Waals surface area contributed by atoms with E-state index in [0.29, 0.717) is 5.75 Å². The summed E-state index contributed by atoms with van der Waals surface area (Å²) in [7, 11) is -0.940. The number of nitrogen functional groups attached to an aromatic ring is 1. The molecule has 0 aliphatic carbocycles. The molecule has 0 radical (unpaired) electrons. The lowest BCUT2D eigenvalue weighted by Crippen LogP contribution is -2.03. The fourth-order valence-electron chi connectivity index (χ4n) is 2.06. The van der Waals surface area contributed by atoms with E-state index in [2.05, 4.69) is 6.07 Å². The molecule has 2 rings (SSSR count). The summed E-state index contributed by atoms with van der Waals surface area (Å²) in [6, 6.07) is 13.8. The zero-order valence-corrected chi connectivity index (χ0v) is 12.2. The molecule has 2 N–H and O–H groups in total. The molecule has 0 aliphatic rings. The molecule has 0 aromatic heterocycles. The summed E-state index contributed by atoms with van der Waals surface area (Å²) in [4.78, 5) is 0.945. The molecular weight excluding hydrogens is 254 g/mol. The third-order valence-corrected chi connectivity index (χ3v) is 4.66. The second-order valence-electron chi connectivity index (χ2n) is 4.81. The van der Waals surface area contributed by atoms with Crippen LogP contribution in [0.15, 0.2) is 47.4 Å². The van der Waals surface area contributed by atoms with Crippen molar-refractivity contribution in [1.29, 1.82) is 0 Å². The lowest BCUT2D eigenvalue weighted by atomic mass is 10.1. The third kappa shape index (κ3) is 3.67. The Morgan fingerprint density at radius 3 is 2.37 bits per heavy atom. The van der Waals surface area contributed by atoms with Gasteiger partial charge < -0.3 is 5.73 Å².